The number of anilines is 1. The third kappa shape index (κ3) is 4.51. The third-order valence-electron chi connectivity index (χ3n) is 5.18. The van der Waals surface area contributed by atoms with Crippen molar-refractivity contribution in [3.05, 3.63) is 22.3 Å². The van der Waals surface area contributed by atoms with Crippen molar-refractivity contribution in [3.8, 4) is 0 Å². The quantitative estimate of drug-likeness (QED) is 0.741. The van der Waals surface area contributed by atoms with Gasteiger partial charge >= 0.3 is 5.97 Å². The highest BCUT2D eigenvalue weighted by Crippen LogP contribution is 2.26. The number of pyridine rings is 1. The van der Waals surface area contributed by atoms with E-state index in [4.69, 9.17) is 4.74 Å². The van der Waals surface area contributed by atoms with Gasteiger partial charge in [-0.2, -0.15) is 0 Å². The van der Waals surface area contributed by atoms with E-state index in [1.54, 1.807) is 12.3 Å². The molecule has 2 fully saturated rings. The molecule has 138 valence electrons. The lowest BCUT2D eigenvalue weighted by atomic mass is 9.92. The second-order valence-electron chi connectivity index (χ2n) is 6.93. The number of aromatic nitrogens is 1. The normalized spacial score (nSPS) is 25.0. The first-order valence-corrected chi connectivity index (χ1v) is 9.80. The van der Waals surface area contributed by atoms with Crippen molar-refractivity contribution >= 4 is 27.7 Å². The Morgan fingerprint density at radius 2 is 2.12 bits per heavy atom. The van der Waals surface area contributed by atoms with E-state index in [-0.39, 0.29) is 6.04 Å². The zero-order valence-corrected chi connectivity index (χ0v) is 16.2. The molecule has 7 heteroatoms. The number of esters is 1. The van der Waals surface area contributed by atoms with Gasteiger partial charge in [0.15, 0.2) is 0 Å². The maximum atomic E-state index is 12.1. The summed E-state index contributed by atoms with van der Waals surface area (Å²) >= 11 is 3.35. The summed E-state index contributed by atoms with van der Waals surface area (Å²) in [5.74, 6) is 0.158. The highest BCUT2D eigenvalue weighted by molar-refractivity contribution is 9.10. The van der Waals surface area contributed by atoms with Crippen LogP contribution >= 0.6 is 15.9 Å². The number of ether oxygens (including phenoxy) is 1. The number of halogens is 1. The molecular formula is C18H26BrN3O3. The highest BCUT2D eigenvalue weighted by Gasteiger charge is 2.32. The molecule has 0 spiro atoms. The fourth-order valence-corrected chi connectivity index (χ4v) is 4.17. The molecule has 0 aromatic carbocycles. The number of β-amino-alcohol motifs (C(OH)–C–C–N with tert-alkyl or cyclic N) is 1. The van der Waals surface area contributed by atoms with E-state index < -0.39 is 12.1 Å². The number of aliphatic hydroxyl groups excluding tert-OH is 1. The van der Waals surface area contributed by atoms with E-state index >= 15 is 0 Å². The molecule has 2 N–H and O–H groups in total. The minimum absolute atomic E-state index is 0.108. The summed E-state index contributed by atoms with van der Waals surface area (Å²) in [4.78, 5) is 18.4. The Bertz CT molecular complexity index is 607. The molecule has 1 aromatic heterocycles. The summed E-state index contributed by atoms with van der Waals surface area (Å²) in [6.07, 6.45) is 8.30. The zero-order chi connectivity index (χ0) is 17.8. The van der Waals surface area contributed by atoms with Gasteiger partial charge in [-0.25, -0.2) is 9.78 Å². The molecule has 1 aromatic rings. The molecule has 2 unspecified atom stereocenters. The summed E-state index contributed by atoms with van der Waals surface area (Å²) in [5.41, 5.74) is 0.419. The van der Waals surface area contributed by atoms with Gasteiger partial charge in [0.2, 0.25) is 0 Å². The van der Waals surface area contributed by atoms with E-state index in [2.05, 4.69) is 26.2 Å². The lowest BCUT2D eigenvalue weighted by Crippen LogP contribution is -2.55. The monoisotopic (exact) mass is 411 g/mol. The van der Waals surface area contributed by atoms with E-state index in [9.17, 15) is 9.90 Å². The van der Waals surface area contributed by atoms with Gasteiger partial charge in [0.25, 0.3) is 0 Å². The predicted molar refractivity (Wildman–Crippen MR) is 99.9 cm³/mol. The van der Waals surface area contributed by atoms with Crippen LogP contribution in [0, 0.1) is 0 Å². The topological polar surface area (TPSA) is 74.7 Å². The SMILES string of the molecule is COC(=O)c1cc(Br)cnc1N1CCC(NC2CCCCC2)C(O)C1. The Hall–Kier alpha value is -1.18. The van der Waals surface area contributed by atoms with Crippen LogP contribution in [-0.2, 0) is 4.74 Å². The molecule has 2 heterocycles. The number of nitrogens with zero attached hydrogens (tertiary/aromatic N) is 2. The van der Waals surface area contributed by atoms with Crippen molar-refractivity contribution in [3.63, 3.8) is 0 Å². The first-order chi connectivity index (χ1) is 12.1. The molecule has 2 atom stereocenters. The Balaban J connectivity index is 1.67. The number of aliphatic hydroxyl groups is 1. The van der Waals surface area contributed by atoms with Crippen LogP contribution in [-0.4, -0.2) is 54.4 Å². The number of nitrogens with one attached hydrogen (secondary N) is 1. The number of hydrogen-bond donors (Lipinski definition) is 2. The summed E-state index contributed by atoms with van der Waals surface area (Å²) in [6, 6.07) is 2.35. The van der Waals surface area contributed by atoms with Gasteiger partial charge in [0.1, 0.15) is 11.4 Å². The Kier molecular flexibility index (Phi) is 6.30. The van der Waals surface area contributed by atoms with E-state index in [0.29, 0.717) is 24.0 Å². The number of piperidine rings is 1. The second kappa shape index (κ2) is 8.47. The first kappa shape index (κ1) is 18.6. The molecule has 2 aliphatic rings. The van der Waals surface area contributed by atoms with Crippen LogP contribution in [0.15, 0.2) is 16.7 Å². The standard InChI is InChI=1S/C18H26BrN3O3/c1-25-18(24)14-9-12(19)10-20-17(14)22-8-7-15(16(23)11-22)21-13-5-3-2-4-6-13/h9-10,13,15-16,21,23H,2-8,11H2,1H3. The largest absolute Gasteiger partial charge is 0.465 e. The van der Waals surface area contributed by atoms with E-state index in [1.807, 2.05) is 4.90 Å². The van der Waals surface area contributed by atoms with Gasteiger partial charge in [0.05, 0.1) is 13.2 Å². The second-order valence-corrected chi connectivity index (χ2v) is 7.84. The Morgan fingerprint density at radius 1 is 1.36 bits per heavy atom. The lowest BCUT2D eigenvalue weighted by molar-refractivity contribution is 0.0599. The molecule has 25 heavy (non-hydrogen) atoms. The fourth-order valence-electron chi connectivity index (χ4n) is 3.83. The highest BCUT2D eigenvalue weighted by atomic mass is 79.9. The van der Waals surface area contributed by atoms with Gasteiger partial charge in [-0.15, -0.1) is 0 Å². The summed E-state index contributed by atoms with van der Waals surface area (Å²) in [5, 5.41) is 14.3. The number of carbonyl (C=O) groups excluding carboxylic acids is 1. The molecule has 6 nitrogen and oxygen atoms in total. The van der Waals surface area contributed by atoms with Crippen LogP contribution in [0.4, 0.5) is 5.82 Å². The van der Waals surface area contributed by atoms with Crippen LogP contribution in [0.3, 0.4) is 0 Å². The number of rotatable bonds is 4. The number of methoxy groups -OCH3 is 1. The molecule has 0 amide bonds. The van der Waals surface area contributed by atoms with E-state index in [0.717, 1.165) is 17.4 Å². The predicted octanol–water partition coefficient (Wildman–Crippen LogP) is 2.49. The van der Waals surface area contributed by atoms with Crippen molar-refractivity contribution in [2.45, 2.75) is 56.7 Å². The minimum atomic E-state index is -0.480. The maximum absolute atomic E-state index is 12.1. The number of carbonyl (C=O) groups is 1. The van der Waals surface area contributed by atoms with Crippen molar-refractivity contribution in [1.29, 1.82) is 0 Å². The Morgan fingerprint density at radius 3 is 2.80 bits per heavy atom. The van der Waals surface area contributed by atoms with E-state index in [1.165, 1.54) is 39.2 Å². The van der Waals surface area contributed by atoms with Crippen LogP contribution in [0.25, 0.3) is 0 Å². The molecule has 1 saturated carbocycles. The fraction of sp³-hybridized carbons (Fsp3) is 0.667. The van der Waals surface area contributed by atoms with Gasteiger partial charge in [-0.3, -0.25) is 0 Å². The molecular weight excluding hydrogens is 386 g/mol. The van der Waals surface area contributed by atoms with Gasteiger partial charge in [-0.05, 0) is 41.3 Å². The summed E-state index contributed by atoms with van der Waals surface area (Å²) < 4.78 is 5.60. The molecule has 0 bridgehead atoms. The van der Waals surface area contributed by atoms with Crippen LogP contribution in [0.5, 0.6) is 0 Å². The molecule has 0 radical (unpaired) electrons. The lowest BCUT2D eigenvalue weighted by Gasteiger charge is -2.39. The van der Waals surface area contributed by atoms with Gasteiger partial charge in [0, 0.05) is 35.8 Å². The average Bonchev–Trinajstić information content (AvgIpc) is 2.63. The minimum Gasteiger partial charge on any atom is -0.465 e. The van der Waals surface area contributed by atoms with Gasteiger partial charge < -0.3 is 20.1 Å². The molecule has 1 saturated heterocycles. The van der Waals surface area contributed by atoms with Crippen LogP contribution in [0.2, 0.25) is 0 Å². The van der Waals surface area contributed by atoms with Crippen molar-refractivity contribution in [2.75, 3.05) is 25.1 Å². The molecule has 1 aliphatic carbocycles. The molecule has 1 aliphatic heterocycles. The maximum Gasteiger partial charge on any atom is 0.341 e. The van der Waals surface area contributed by atoms with Gasteiger partial charge in [-0.1, -0.05) is 19.3 Å². The van der Waals surface area contributed by atoms with Crippen LogP contribution in [0.1, 0.15) is 48.9 Å². The number of hydrogen-bond acceptors (Lipinski definition) is 6. The molecule has 3 rings (SSSR count). The summed E-state index contributed by atoms with van der Waals surface area (Å²) in [6.45, 7) is 1.21. The van der Waals surface area contributed by atoms with Crippen molar-refractivity contribution < 1.29 is 14.6 Å². The van der Waals surface area contributed by atoms with Crippen LogP contribution < -0.4 is 10.2 Å². The van der Waals surface area contributed by atoms with Crippen molar-refractivity contribution in [2.24, 2.45) is 0 Å². The Labute approximate surface area is 157 Å². The first-order valence-electron chi connectivity index (χ1n) is 9.01. The average molecular weight is 412 g/mol. The third-order valence-corrected chi connectivity index (χ3v) is 5.61. The van der Waals surface area contributed by atoms with Crippen molar-refractivity contribution in [1.82, 2.24) is 10.3 Å². The smallest absolute Gasteiger partial charge is 0.341 e. The zero-order valence-electron chi connectivity index (χ0n) is 14.6. The summed E-state index contributed by atoms with van der Waals surface area (Å²) in [7, 11) is 1.36.